The predicted molar refractivity (Wildman–Crippen MR) is 62.1 cm³/mol. The van der Waals surface area contributed by atoms with Crippen molar-refractivity contribution in [1.29, 1.82) is 0 Å². The average molecular weight is 221 g/mol. The van der Waals surface area contributed by atoms with E-state index in [0.717, 1.165) is 31.1 Å². The van der Waals surface area contributed by atoms with Gasteiger partial charge in [-0.3, -0.25) is 9.97 Å². The molecule has 1 aromatic rings. The molecule has 2 heterocycles. The van der Waals surface area contributed by atoms with E-state index in [4.69, 9.17) is 4.74 Å². The van der Waals surface area contributed by atoms with Gasteiger partial charge in [0.05, 0.1) is 18.0 Å². The molecule has 4 nitrogen and oxygen atoms in total. The number of ether oxygens (including phenoxy) is 1. The topological polar surface area (TPSA) is 47.0 Å². The lowest BCUT2D eigenvalue weighted by Gasteiger charge is -2.16. The Balaban J connectivity index is 1.87. The Hall–Kier alpha value is -1.00. The number of hydrogen-bond acceptors (Lipinski definition) is 4. The Kier molecular flexibility index (Phi) is 3.85. The highest BCUT2D eigenvalue weighted by molar-refractivity contribution is 5.12. The van der Waals surface area contributed by atoms with Gasteiger partial charge in [-0.05, 0) is 26.2 Å². The molecule has 4 heteroatoms. The van der Waals surface area contributed by atoms with Crippen LogP contribution in [-0.4, -0.2) is 29.7 Å². The first-order valence-electron chi connectivity index (χ1n) is 5.86. The van der Waals surface area contributed by atoms with Gasteiger partial charge >= 0.3 is 0 Å². The Morgan fingerprint density at radius 3 is 3.00 bits per heavy atom. The van der Waals surface area contributed by atoms with Gasteiger partial charge in [0.1, 0.15) is 0 Å². The molecule has 1 aliphatic rings. The van der Waals surface area contributed by atoms with Gasteiger partial charge in [0.2, 0.25) is 0 Å². The van der Waals surface area contributed by atoms with Gasteiger partial charge in [-0.1, -0.05) is 0 Å². The fraction of sp³-hybridized carbons (Fsp3) is 0.667. The average Bonchev–Trinajstić information content (AvgIpc) is 2.79. The summed E-state index contributed by atoms with van der Waals surface area (Å²) in [6.45, 7) is 6.92. The lowest BCUT2D eigenvalue weighted by atomic mass is 10.1. The summed E-state index contributed by atoms with van der Waals surface area (Å²) in [6.07, 6.45) is 4.65. The Labute approximate surface area is 96.4 Å². The molecule has 16 heavy (non-hydrogen) atoms. The molecule has 88 valence electrons. The summed E-state index contributed by atoms with van der Waals surface area (Å²) < 4.78 is 5.35. The van der Waals surface area contributed by atoms with Crippen molar-refractivity contribution in [2.45, 2.75) is 26.3 Å². The van der Waals surface area contributed by atoms with Crippen LogP contribution in [0.4, 0.5) is 0 Å². The number of nitrogens with zero attached hydrogens (tertiary/aromatic N) is 2. The van der Waals surface area contributed by atoms with Crippen LogP contribution < -0.4 is 5.32 Å². The summed E-state index contributed by atoms with van der Waals surface area (Å²) >= 11 is 0. The zero-order chi connectivity index (χ0) is 11.4. The minimum Gasteiger partial charge on any atom is -0.381 e. The molecule has 1 N–H and O–H groups in total. The molecule has 0 radical (unpaired) electrons. The lowest BCUT2D eigenvalue weighted by molar-refractivity contribution is 0.184. The van der Waals surface area contributed by atoms with E-state index in [9.17, 15) is 0 Å². The van der Waals surface area contributed by atoms with Crippen LogP contribution in [0.5, 0.6) is 0 Å². The van der Waals surface area contributed by atoms with Crippen LogP contribution in [0.1, 0.15) is 30.8 Å². The van der Waals surface area contributed by atoms with Crippen LogP contribution >= 0.6 is 0 Å². The molecule has 2 unspecified atom stereocenters. The number of nitrogens with one attached hydrogen (secondary N) is 1. The summed E-state index contributed by atoms with van der Waals surface area (Å²) in [6, 6.07) is 0.259. The molecule has 0 aromatic carbocycles. The molecule has 2 rings (SSSR count). The molecule has 1 saturated heterocycles. The van der Waals surface area contributed by atoms with E-state index < -0.39 is 0 Å². The van der Waals surface area contributed by atoms with E-state index >= 15 is 0 Å². The van der Waals surface area contributed by atoms with Gasteiger partial charge in [-0.2, -0.15) is 0 Å². The van der Waals surface area contributed by atoms with Crippen LogP contribution in [0, 0.1) is 12.8 Å². The minimum atomic E-state index is 0.259. The highest BCUT2D eigenvalue weighted by Crippen LogP contribution is 2.15. The molecule has 0 aliphatic carbocycles. The van der Waals surface area contributed by atoms with E-state index in [1.165, 1.54) is 6.42 Å². The summed E-state index contributed by atoms with van der Waals surface area (Å²) in [7, 11) is 0. The normalized spacial score (nSPS) is 22.2. The Morgan fingerprint density at radius 1 is 1.50 bits per heavy atom. The van der Waals surface area contributed by atoms with E-state index in [2.05, 4.69) is 22.2 Å². The highest BCUT2D eigenvalue weighted by atomic mass is 16.5. The number of hydrogen-bond donors (Lipinski definition) is 1. The van der Waals surface area contributed by atoms with E-state index in [0.29, 0.717) is 5.92 Å². The summed E-state index contributed by atoms with van der Waals surface area (Å²) in [5.74, 6) is 0.652. The first-order chi connectivity index (χ1) is 7.77. The van der Waals surface area contributed by atoms with Crippen LogP contribution in [0.3, 0.4) is 0 Å². The van der Waals surface area contributed by atoms with Gasteiger partial charge in [0.15, 0.2) is 0 Å². The molecule has 2 atom stereocenters. The van der Waals surface area contributed by atoms with Crippen LogP contribution in [0.15, 0.2) is 12.4 Å². The Bertz CT molecular complexity index is 337. The maximum absolute atomic E-state index is 5.35. The summed E-state index contributed by atoms with van der Waals surface area (Å²) in [5, 5.41) is 3.50. The molecule has 0 bridgehead atoms. The lowest BCUT2D eigenvalue weighted by Crippen LogP contribution is -2.27. The second-order valence-corrected chi connectivity index (χ2v) is 4.39. The third-order valence-electron chi connectivity index (χ3n) is 3.07. The van der Waals surface area contributed by atoms with Crippen molar-refractivity contribution in [1.82, 2.24) is 15.3 Å². The van der Waals surface area contributed by atoms with Gasteiger partial charge in [0, 0.05) is 31.6 Å². The van der Waals surface area contributed by atoms with E-state index in [1.807, 2.05) is 6.92 Å². The predicted octanol–water partition coefficient (Wildman–Crippen LogP) is 1.47. The van der Waals surface area contributed by atoms with Crippen molar-refractivity contribution in [2.24, 2.45) is 5.92 Å². The molecule has 0 amide bonds. The smallest absolute Gasteiger partial charge is 0.0782 e. The van der Waals surface area contributed by atoms with E-state index in [-0.39, 0.29) is 6.04 Å². The quantitative estimate of drug-likeness (QED) is 0.836. The summed E-state index contributed by atoms with van der Waals surface area (Å²) in [4.78, 5) is 8.62. The minimum absolute atomic E-state index is 0.259. The van der Waals surface area contributed by atoms with E-state index in [1.54, 1.807) is 12.4 Å². The van der Waals surface area contributed by atoms with Gasteiger partial charge in [0.25, 0.3) is 0 Å². The van der Waals surface area contributed by atoms with Crippen LogP contribution in [0.25, 0.3) is 0 Å². The molecule has 1 aliphatic heterocycles. The zero-order valence-corrected chi connectivity index (χ0v) is 9.94. The molecular weight excluding hydrogens is 202 g/mol. The number of rotatable bonds is 4. The molecule has 0 saturated carbocycles. The van der Waals surface area contributed by atoms with Gasteiger partial charge in [-0.25, -0.2) is 0 Å². The van der Waals surface area contributed by atoms with Crippen LogP contribution in [-0.2, 0) is 4.74 Å². The van der Waals surface area contributed by atoms with Crippen molar-refractivity contribution >= 4 is 0 Å². The van der Waals surface area contributed by atoms with Crippen molar-refractivity contribution in [2.75, 3.05) is 19.8 Å². The standard InChI is InChI=1S/C12H19N3O/c1-9-12(14-5-4-13-9)10(2)15-7-11-3-6-16-8-11/h4-5,10-11,15H,3,6-8H2,1-2H3. The van der Waals surface area contributed by atoms with Crippen molar-refractivity contribution in [3.63, 3.8) is 0 Å². The fourth-order valence-electron chi connectivity index (χ4n) is 2.03. The van der Waals surface area contributed by atoms with Crippen LogP contribution in [0.2, 0.25) is 0 Å². The molecule has 1 aromatic heterocycles. The number of aryl methyl sites for hydroxylation is 1. The second-order valence-electron chi connectivity index (χ2n) is 4.39. The second kappa shape index (κ2) is 5.37. The molecule has 0 spiro atoms. The first kappa shape index (κ1) is 11.5. The maximum Gasteiger partial charge on any atom is 0.0782 e. The third kappa shape index (κ3) is 2.77. The number of aromatic nitrogens is 2. The maximum atomic E-state index is 5.35. The van der Waals surface area contributed by atoms with Gasteiger partial charge < -0.3 is 10.1 Å². The highest BCUT2D eigenvalue weighted by Gasteiger charge is 2.17. The monoisotopic (exact) mass is 221 g/mol. The van der Waals surface area contributed by atoms with Crippen molar-refractivity contribution in [3.8, 4) is 0 Å². The Morgan fingerprint density at radius 2 is 2.31 bits per heavy atom. The summed E-state index contributed by atoms with van der Waals surface area (Å²) in [5.41, 5.74) is 2.05. The largest absolute Gasteiger partial charge is 0.381 e. The van der Waals surface area contributed by atoms with Gasteiger partial charge in [-0.15, -0.1) is 0 Å². The molecule has 1 fully saturated rings. The van der Waals surface area contributed by atoms with Crippen molar-refractivity contribution in [3.05, 3.63) is 23.8 Å². The third-order valence-corrected chi connectivity index (χ3v) is 3.07. The zero-order valence-electron chi connectivity index (χ0n) is 9.94. The SMILES string of the molecule is Cc1nccnc1C(C)NCC1CCOC1. The van der Waals surface area contributed by atoms with Crippen molar-refractivity contribution < 1.29 is 4.74 Å². The first-order valence-corrected chi connectivity index (χ1v) is 5.86. The fourth-order valence-corrected chi connectivity index (χ4v) is 2.03. The molecular formula is C12H19N3O.